The number of hydrogen-bond acceptors (Lipinski definition) is 2. The predicted octanol–water partition coefficient (Wildman–Crippen LogP) is 2.07. The number of carbonyl (C=O) groups excluding carboxylic acids is 1. The largest absolute Gasteiger partial charge is 0.356 e. The zero-order chi connectivity index (χ0) is 12.4. The fourth-order valence-electron chi connectivity index (χ4n) is 2.35. The molecule has 1 unspecified atom stereocenters. The van der Waals surface area contributed by atoms with Crippen molar-refractivity contribution in [2.24, 2.45) is 0 Å². The molecule has 0 saturated carbocycles. The Bertz CT molecular complexity index is 547. The van der Waals surface area contributed by atoms with E-state index in [1.807, 2.05) is 30.3 Å². The maximum Gasteiger partial charge on any atom is 0.220 e. The zero-order valence-electron chi connectivity index (χ0n) is 10.0. The molecule has 0 radical (unpaired) electrons. The van der Waals surface area contributed by atoms with Gasteiger partial charge in [-0.25, -0.2) is 0 Å². The van der Waals surface area contributed by atoms with Crippen LogP contribution in [-0.4, -0.2) is 22.6 Å². The minimum absolute atomic E-state index is 0.127. The first-order chi connectivity index (χ1) is 8.83. The average molecular weight is 241 g/mol. The van der Waals surface area contributed by atoms with Crippen molar-refractivity contribution in [1.82, 2.24) is 15.5 Å². The molecular weight excluding hydrogens is 226 g/mol. The first-order valence-electron chi connectivity index (χ1n) is 6.20. The van der Waals surface area contributed by atoms with E-state index < -0.39 is 0 Å². The second-order valence-electron chi connectivity index (χ2n) is 4.61. The van der Waals surface area contributed by atoms with Gasteiger partial charge in [-0.2, -0.15) is 5.10 Å². The highest BCUT2D eigenvalue weighted by Crippen LogP contribution is 2.27. The molecule has 1 aliphatic heterocycles. The normalized spacial score (nSPS) is 19.6. The van der Waals surface area contributed by atoms with Crippen LogP contribution in [-0.2, 0) is 4.79 Å². The molecule has 18 heavy (non-hydrogen) atoms. The molecule has 1 aromatic heterocycles. The Hall–Kier alpha value is -2.10. The fraction of sp³-hybridized carbons (Fsp3) is 0.286. The highest BCUT2D eigenvalue weighted by molar-refractivity contribution is 5.77. The molecule has 2 heterocycles. The number of aromatic amines is 1. The minimum Gasteiger partial charge on any atom is -0.356 e. The van der Waals surface area contributed by atoms with E-state index in [0.29, 0.717) is 6.42 Å². The monoisotopic (exact) mass is 241 g/mol. The third-order valence-electron chi connectivity index (χ3n) is 3.35. The smallest absolute Gasteiger partial charge is 0.220 e. The summed E-state index contributed by atoms with van der Waals surface area (Å²) >= 11 is 0. The summed E-state index contributed by atoms with van der Waals surface area (Å²) < 4.78 is 0. The Morgan fingerprint density at radius 3 is 2.83 bits per heavy atom. The Balaban J connectivity index is 1.83. The number of hydrogen-bond donors (Lipinski definition) is 2. The van der Waals surface area contributed by atoms with Gasteiger partial charge in [-0.15, -0.1) is 0 Å². The predicted molar refractivity (Wildman–Crippen MR) is 69.0 cm³/mol. The van der Waals surface area contributed by atoms with Crippen LogP contribution in [0.3, 0.4) is 0 Å². The molecule has 0 bridgehead atoms. The lowest BCUT2D eigenvalue weighted by Crippen LogP contribution is -2.32. The van der Waals surface area contributed by atoms with Crippen molar-refractivity contribution >= 4 is 5.91 Å². The average Bonchev–Trinajstić information content (AvgIpc) is 2.89. The molecule has 1 aromatic carbocycles. The molecule has 2 aromatic rings. The summed E-state index contributed by atoms with van der Waals surface area (Å²) in [5.74, 6) is 0.394. The number of H-pyrrole nitrogens is 1. The van der Waals surface area contributed by atoms with Crippen LogP contribution in [0.1, 0.15) is 24.5 Å². The van der Waals surface area contributed by atoms with Gasteiger partial charge in [0, 0.05) is 30.1 Å². The van der Waals surface area contributed by atoms with Gasteiger partial charge in [0.2, 0.25) is 5.91 Å². The van der Waals surface area contributed by atoms with Crippen molar-refractivity contribution in [2.75, 3.05) is 6.54 Å². The van der Waals surface area contributed by atoms with Crippen LogP contribution in [0.2, 0.25) is 0 Å². The quantitative estimate of drug-likeness (QED) is 0.845. The molecule has 1 aliphatic rings. The summed E-state index contributed by atoms with van der Waals surface area (Å²) in [5.41, 5.74) is 3.10. The third-order valence-corrected chi connectivity index (χ3v) is 3.35. The van der Waals surface area contributed by atoms with E-state index >= 15 is 0 Å². The van der Waals surface area contributed by atoms with Crippen LogP contribution in [0.5, 0.6) is 0 Å². The van der Waals surface area contributed by atoms with Gasteiger partial charge in [0.15, 0.2) is 0 Å². The molecule has 92 valence electrons. The standard InChI is InChI=1S/C14H15N3O/c18-14-8-11(6-7-15-14)13-9-12(16-17-13)10-4-2-1-3-5-10/h1-5,9,11H,6-8H2,(H,15,18)(H,16,17). The van der Waals surface area contributed by atoms with Gasteiger partial charge in [0.1, 0.15) is 0 Å². The zero-order valence-corrected chi connectivity index (χ0v) is 10.0. The molecule has 1 saturated heterocycles. The van der Waals surface area contributed by atoms with E-state index in [1.54, 1.807) is 0 Å². The summed E-state index contributed by atoms with van der Waals surface area (Å²) in [4.78, 5) is 11.4. The van der Waals surface area contributed by atoms with Crippen molar-refractivity contribution in [2.45, 2.75) is 18.8 Å². The first-order valence-corrected chi connectivity index (χ1v) is 6.20. The van der Waals surface area contributed by atoms with Gasteiger partial charge in [-0.05, 0) is 12.5 Å². The van der Waals surface area contributed by atoms with Crippen LogP contribution < -0.4 is 5.32 Å². The molecule has 4 nitrogen and oxygen atoms in total. The van der Waals surface area contributed by atoms with Crippen molar-refractivity contribution in [3.05, 3.63) is 42.1 Å². The number of rotatable bonds is 2. The van der Waals surface area contributed by atoms with E-state index in [1.165, 1.54) is 0 Å². The highest BCUT2D eigenvalue weighted by Gasteiger charge is 2.22. The summed E-state index contributed by atoms with van der Waals surface area (Å²) in [6.45, 7) is 0.753. The Morgan fingerprint density at radius 2 is 2.06 bits per heavy atom. The second-order valence-corrected chi connectivity index (χ2v) is 4.61. The van der Waals surface area contributed by atoms with Gasteiger partial charge < -0.3 is 5.32 Å². The number of aromatic nitrogens is 2. The van der Waals surface area contributed by atoms with Crippen LogP contribution in [0.15, 0.2) is 36.4 Å². The van der Waals surface area contributed by atoms with Crippen LogP contribution in [0.4, 0.5) is 0 Å². The van der Waals surface area contributed by atoms with Crippen LogP contribution in [0, 0.1) is 0 Å². The summed E-state index contributed by atoms with van der Waals surface area (Å²) in [6.07, 6.45) is 1.53. The van der Waals surface area contributed by atoms with Crippen LogP contribution >= 0.6 is 0 Å². The van der Waals surface area contributed by atoms with Crippen molar-refractivity contribution < 1.29 is 4.79 Å². The maximum absolute atomic E-state index is 11.4. The lowest BCUT2D eigenvalue weighted by Gasteiger charge is -2.20. The summed E-state index contributed by atoms with van der Waals surface area (Å²) in [7, 11) is 0. The lowest BCUT2D eigenvalue weighted by atomic mass is 9.94. The van der Waals surface area contributed by atoms with E-state index in [-0.39, 0.29) is 11.8 Å². The Morgan fingerprint density at radius 1 is 1.22 bits per heavy atom. The molecule has 0 aliphatic carbocycles. The summed E-state index contributed by atoms with van der Waals surface area (Å²) in [6, 6.07) is 12.1. The molecule has 1 atom stereocenters. The van der Waals surface area contributed by atoms with Crippen LogP contribution in [0.25, 0.3) is 11.3 Å². The van der Waals surface area contributed by atoms with Crippen molar-refractivity contribution in [1.29, 1.82) is 0 Å². The molecule has 1 fully saturated rings. The van der Waals surface area contributed by atoms with Crippen molar-refractivity contribution in [3.8, 4) is 11.3 Å². The number of piperidine rings is 1. The minimum atomic E-state index is 0.127. The molecular formula is C14H15N3O. The van der Waals surface area contributed by atoms with Gasteiger partial charge >= 0.3 is 0 Å². The molecule has 1 amide bonds. The highest BCUT2D eigenvalue weighted by atomic mass is 16.1. The lowest BCUT2D eigenvalue weighted by molar-refractivity contribution is -0.122. The topological polar surface area (TPSA) is 57.8 Å². The van der Waals surface area contributed by atoms with E-state index in [4.69, 9.17) is 0 Å². The van der Waals surface area contributed by atoms with Gasteiger partial charge in [0.25, 0.3) is 0 Å². The van der Waals surface area contributed by atoms with E-state index in [9.17, 15) is 4.79 Å². The molecule has 0 spiro atoms. The SMILES string of the molecule is O=C1CC(c2cc(-c3ccccc3)n[nH]2)CCN1. The number of benzene rings is 1. The van der Waals surface area contributed by atoms with Gasteiger partial charge in [-0.3, -0.25) is 9.89 Å². The van der Waals surface area contributed by atoms with Gasteiger partial charge in [-0.1, -0.05) is 30.3 Å². The first kappa shape index (κ1) is 11.0. The summed E-state index contributed by atoms with van der Waals surface area (Å²) in [5, 5.41) is 10.2. The van der Waals surface area contributed by atoms with Gasteiger partial charge in [0.05, 0.1) is 5.69 Å². The number of carbonyl (C=O) groups is 1. The Kier molecular flexibility index (Phi) is 2.84. The maximum atomic E-state index is 11.4. The Labute approximate surface area is 105 Å². The third kappa shape index (κ3) is 2.14. The number of nitrogens with one attached hydrogen (secondary N) is 2. The second kappa shape index (κ2) is 4.64. The molecule has 3 rings (SSSR count). The number of nitrogens with zero attached hydrogens (tertiary/aromatic N) is 1. The van der Waals surface area contributed by atoms with Crippen molar-refractivity contribution in [3.63, 3.8) is 0 Å². The fourth-order valence-corrected chi connectivity index (χ4v) is 2.35. The molecule has 4 heteroatoms. The van der Waals surface area contributed by atoms with E-state index in [2.05, 4.69) is 21.6 Å². The van der Waals surface area contributed by atoms with E-state index in [0.717, 1.165) is 29.9 Å². The molecule has 2 N–H and O–H groups in total. The number of amides is 1.